The zero-order valence-electron chi connectivity index (χ0n) is 11.5. The van der Waals surface area contributed by atoms with Gasteiger partial charge < -0.3 is 13.9 Å². The van der Waals surface area contributed by atoms with Gasteiger partial charge in [-0.1, -0.05) is 30.3 Å². The van der Waals surface area contributed by atoms with E-state index in [9.17, 15) is 0 Å². The van der Waals surface area contributed by atoms with Crippen LogP contribution in [0.1, 0.15) is 5.56 Å². The van der Waals surface area contributed by atoms with E-state index in [2.05, 4.69) is 10.2 Å². The molecule has 0 N–H and O–H groups in total. The minimum atomic E-state index is 0.447. The summed E-state index contributed by atoms with van der Waals surface area (Å²) in [6.45, 7) is 0.483. The van der Waals surface area contributed by atoms with Gasteiger partial charge in [0.2, 0.25) is 12.3 Å². The van der Waals surface area contributed by atoms with Gasteiger partial charge in [0.15, 0.2) is 11.5 Å². The first-order valence-corrected chi connectivity index (χ1v) is 6.48. The van der Waals surface area contributed by atoms with Crippen LogP contribution in [-0.4, -0.2) is 17.3 Å². The molecule has 106 valence electrons. The third-order valence-corrected chi connectivity index (χ3v) is 3.01. The summed E-state index contributed by atoms with van der Waals surface area (Å²) in [6.07, 6.45) is 1.29. The molecule has 0 aliphatic rings. The number of hydrogen-bond acceptors (Lipinski definition) is 5. The number of nitrogens with zero attached hydrogens (tertiary/aromatic N) is 2. The molecule has 1 aromatic heterocycles. The van der Waals surface area contributed by atoms with Gasteiger partial charge in [-0.2, -0.15) is 0 Å². The number of aromatic nitrogens is 2. The summed E-state index contributed by atoms with van der Waals surface area (Å²) in [7, 11) is 1.60. The molecule has 1 heterocycles. The molecule has 0 amide bonds. The number of methoxy groups -OCH3 is 1. The van der Waals surface area contributed by atoms with Crippen LogP contribution in [0, 0.1) is 0 Å². The van der Waals surface area contributed by atoms with Crippen LogP contribution < -0.4 is 9.47 Å². The molecule has 0 radical (unpaired) electrons. The van der Waals surface area contributed by atoms with E-state index in [0.29, 0.717) is 24.0 Å². The van der Waals surface area contributed by atoms with Crippen LogP contribution in [0.2, 0.25) is 0 Å². The Kier molecular flexibility index (Phi) is 3.82. The van der Waals surface area contributed by atoms with E-state index >= 15 is 0 Å². The van der Waals surface area contributed by atoms with Gasteiger partial charge in [0.25, 0.3) is 0 Å². The minimum absolute atomic E-state index is 0.447. The molecule has 0 unspecified atom stereocenters. The maximum Gasteiger partial charge on any atom is 0.247 e. The van der Waals surface area contributed by atoms with Crippen molar-refractivity contribution in [2.24, 2.45) is 0 Å². The monoisotopic (exact) mass is 282 g/mol. The van der Waals surface area contributed by atoms with Crippen molar-refractivity contribution in [3.05, 3.63) is 60.5 Å². The van der Waals surface area contributed by atoms with Crippen molar-refractivity contribution in [1.29, 1.82) is 0 Å². The van der Waals surface area contributed by atoms with Crippen molar-refractivity contribution in [3.63, 3.8) is 0 Å². The Labute approximate surface area is 122 Å². The van der Waals surface area contributed by atoms with Gasteiger partial charge in [-0.05, 0) is 23.8 Å². The fraction of sp³-hybridized carbons (Fsp3) is 0.125. The predicted octanol–water partition coefficient (Wildman–Crippen LogP) is 3.32. The lowest BCUT2D eigenvalue weighted by Crippen LogP contribution is -1.97. The quantitative estimate of drug-likeness (QED) is 0.718. The molecule has 0 bridgehead atoms. The van der Waals surface area contributed by atoms with E-state index in [1.807, 2.05) is 48.5 Å². The molecule has 0 aliphatic carbocycles. The fourth-order valence-electron chi connectivity index (χ4n) is 1.95. The third-order valence-electron chi connectivity index (χ3n) is 3.01. The van der Waals surface area contributed by atoms with Crippen molar-refractivity contribution >= 4 is 0 Å². The van der Waals surface area contributed by atoms with Crippen molar-refractivity contribution in [2.75, 3.05) is 7.11 Å². The molecular formula is C16H14N2O3. The number of ether oxygens (including phenoxy) is 2. The smallest absolute Gasteiger partial charge is 0.247 e. The molecule has 2 aromatic carbocycles. The molecule has 0 aliphatic heterocycles. The van der Waals surface area contributed by atoms with E-state index in [0.717, 1.165) is 11.1 Å². The van der Waals surface area contributed by atoms with E-state index in [1.165, 1.54) is 6.39 Å². The third kappa shape index (κ3) is 3.02. The lowest BCUT2D eigenvalue weighted by Gasteiger charge is -2.11. The summed E-state index contributed by atoms with van der Waals surface area (Å²) in [4.78, 5) is 0. The fourth-order valence-corrected chi connectivity index (χ4v) is 1.95. The van der Waals surface area contributed by atoms with Crippen LogP contribution in [0.5, 0.6) is 11.5 Å². The highest BCUT2D eigenvalue weighted by atomic mass is 16.5. The average Bonchev–Trinajstić information content (AvgIpc) is 3.08. The van der Waals surface area contributed by atoms with Crippen molar-refractivity contribution in [1.82, 2.24) is 10.2 Å². The highest BCUT2D eigenvalue weighted by molar-refractivity contribution is 5.59. The molecule has 0 fully saturated rings. The van der Waals surface area contributed by atoms with E-state index in [4.69, 9.17) is 13.9 Å². The second-order valence-corrected chi connectivity index (χ2v) is 4.38. The molecule has 0 saturated heterocycles. The molecule has 3 aromatic rings. The molecule has 0 saturated carbocycles. The largest absolute Gasteiger partial charge is 0.493 e. The van der Waals surface area contributed by atoms with Gasteiger partial charge in [-0.3, -0.25) is 0 Å². The summed E-state index contributed by atoms with van der Waals surface area (Å²) in [5.74, 6) is 1.74. The molecule has 5 nitrogen and oxygen atoms in total. The van der Waals surface area contributed by atoms with E-state index in [-0.39, 0.29) is 0 Å². The Balaban J connectivity index is 1.79. The van der Waals surface area contributed by atoms with Gasteiger partial charge in [0.05, 0.1) is 7.11 Å². The van der Waals surface area contributed by atoms with Gasteiger partial charge in [-0.25, -0.2) is 0 Å². The van der Waals surface area contributed by atoms with E-state index in [1.54, 1.807) is 7.11 Å². The number of benzene rings is 2. The first kappa shape index (κ1) is 13.2. The van der Waals surface area contributed by atoms with Crippen molar-refractivity contribution in [3.8, 4) is 23.0 Å². The lowest BCUT2D eigenvalue weighted by atomic mass is 10.2. The molecule has 0 atom stereocenters. The summed E-state index contributed by atoms with van der Waals surface area (Å²) in [5.41, 5.74) is 1.89. The summed E-state index contributed by atoms with van der Waals surface area (Å²) >= 11 is 0. The molecule has 5 heteroatoms. The molecule has 0 spiro atoms. The Morgan fingerprint density at radius 1 is 1.05 bits per heavy atom. The summed E-state index contributed by atoms with van der Waals surface area (Å²) in [5, 5.41) is 7.54. The van der Waals surface area contributed by atoms with Gasteiger partial charge in [0, 0.05) is 5.56 Å². The second-order valence-electron chi connectivity index (χ2n) is 4.38. The standard InChI is InChI=1S/C16H14N2O3/c1-19-15-9-13(16-18-17-11-21-16)7-8-14(15)20-10-12-5-3-2-4-6-12/h2-9,11H,10H2,1H3. The summed E-state index contributed by atoms with van der Waals surface area (Å²) in [6, 6.07) is 15.5. The average molecular weight is 282 g/mol. The maximum absolute atomic E-state index is 5.79. The zero-order valence-corrected chi connectivity index (χ0v) is 11.5. The Bertz CT molecular complexity index is 697. The molecule has 3 rings (SSSR count). The van der Waals surface area contributed by atoms with Crippen molar-refractivity contribution < 1.29 is 13.9 Å². The van der Waals surface area contributed by atoms with Gasteiger partial charge >= 0.3 is 0 Å². The Morgan fingerprint density at radius 3 is 2.62 bits per heavy atom. The van der Waals surface area contributed by atoms with Gasteiger partial charge in [0.1, 0.15) is 6.61 Å². The Morgan fingerprint density at radius 2 is 1.90 bits per heavy atom. The SMILES string of the molecule is COc1cc(-c2nnco2)ccc1OCc1ccccc1. The number of hydrogen-bond donors (Lipinski definition) is 0. The van der Waals surface area contributed by atoms with Crippen LogP contribution >= 0.6 is 0 Å². The predicted molar refractivity (Wildman–Crippen MR) is 77.1 cm³/mol. The highest BCUT2D eigenvalue weighted by Gasteiger charge is 2.10. The topological polar surface area (TPSA) is 57.4 Å². The lowest BCUT2D eigenvalue weighted by molar-refractivity contribution is 0.284. The second kappa shape index (κ2) is 6.09. The van der Waals surface area contributed by atoms with Crippen LogP contribution in [0.25, 0.3) is 11.5 Å². The Hall–Kier alpha value is -2.82. The van der Waals surface area contributed by atoms with E-state index < -0.39 is 0 Å². The van der Waals surface area contributed by atoms with Crippen LogP contribution in [0.15, 0.2) is 59.3 Å². The first-order chi connectivity index (χ1) is 10.4. The normalized spacial score (nSPS) is 10.3. The van der Waals surface area contributed by atoms with Crippen LogP contribution in [0.4, 0.5) is 0 Å². The highest BCUT2D eigenvalue weighted by Crippen LogP contribution is 2.32. The van der Waals surface area contributed by atoms with Crippen LogP contribution in [0.3, 0.4) is 0 Å². The van der Waals surface area contributed by atoms with Gasteiger partial charge in [-0.15, -0.1) is 10.2 Å². The van der Waals surface area contributed by atoms with Crippen LogP contribution in [-0.2, 0) is 6.61 Å². The summed E-state index contributed by atoms with van der Waals surface area (Å²) < 4.78 is 16.3. The molecule has 21 heavy (non-hydrogen) atoms. The number of rotatable bonds is 5. The minimum Gasteiger partial charge on any atom is -0.493 e. The van der Waals surface area contributed by atoms with Crippen molar-refractivity contribution in [2.45, 2.75) is 6.61 Å². The molecular weight excluding hydrogens is 268 g/mol. The zero-order chi connectivity index (χ0) is 14.5. The first-order valence-electron chi connectivity index (χ1n) is 6.48. The maximum atomic E-state index is 5.79.